The molecule has 1 saturated heterocycles. The number of benzene rings is 2. The van der Waals surface area contributed by atoms with Crippen LogP contribution in [-0.2, 0) is 17.6 Å². The first kappa shape index (κ1) is 19.0. The molecule has 1 aliphatic rings. The summed E-state index contributed by atoms with van der Waals surface area (Å²) in [5, 5.41) is 4.10. The number of H-pyrrole nitrogens is 1. The van der Waals surface area contributed by atoms with Crippen molar-refractivity contribution in [1.82, 2.24) is 15.2 Å². The van der Waals surface area contributed by atoms with Crippen LogP contribution in [-0.4, -0.2) is 49.3 Å². The third-order valence-electron chi connectivity index (χ3n) is 4.55. The second-order valence-corrected chi connectivity index (χ2v) is 7.05. The number of aromatic amines is 1. The number of amides is 1. The van der Waals surface area contributed by atoms with E-state index in [0.29, 0.717) is 6.61 Å². The Balaban J connectivity index is 0.000000299. The van der Waals surface area contributed by atoms with E-state index in [-0.39, 0.29) is 12.1 Å². The molecule has 142 valence electrons. The number of carbonyl (C=O) groups excluding carboxylic acids is 1. The standard InChI is InChI=1S/C16H21N3O2.C6H6/c1-19(2)6-5-12-9-17-15-4-3-11(8-14(12)15)7-13-10-21-16(20)18-13;1-2-4-6-5-3-1/h3-4,8-9,13,17H,5-7,10H2,1-2H3,(H,18,20);1-6H/t13-;/m0./s1. The maximum atomic E-state index is 11.1. The van der Waals surface area contributed by atoms with E-state index in [1.54, 1.807) is 0 Å². The van der Waals surface area contributed by atoms with Crippen LogP contribution in [0.2, 0.25) is 0 Å². The molecule has 2 aromatic carbocycles. The molecule has 0 saturated carbocycles. The van der Waals surface area contributed by atoms with Crippen LogP contribution in [0.1, 0.15) is 11.1 Å². The lowest BCUT2D eigenvalue weighted by atomic mass is 10.0. The summed E-state index contributed by atoms with van der Waals surface area (Å²) in [7, 11) is 4.17. The van der Waals surface area contributed by atoms with Crippen LogP contribution in [0, 0.1) is 0 Å². The van der Waals surface area contributed by atoms with Gasteiger partial charge in [-0.2, -0.15) is 0 Å². The molecule has 0 radical (unpaired) electrons. The fraction of sp³-hybridized carbons (Fsp3) is 0.318. The van der Waals surface area contributed by atoms with Gasteiger partial charge in [0.25, 0.3) is 0 Å². The number of rotatable bonds is 5. The molecule has 27 heavy (non-hydrogen) atoms. The predicted octanol–water partition coefficient (Wildman–Crippen LogP) is 3.61. The molecular formula is C22H27N3O2. The molecule has 0 spiro atoms. The number of ether oxygens (including phenoxy) is 1. The molecule has 0 unspecified atom stereocenters. The number of aromatic nitrogens is 1. The molecule has 2 N–H and O–H groups in total. The quantitative estimate of drug-likeness (QED) is 0.726. The number of cyclic esters (lactones) is 1. The highest BCUT2D eigenvalue weighted by molar-refractivity contribution is 5.84. The van der Waals surface area contributed by atoms with Crippen molar-refractivity contribution in [2.24, 2.45) is 0 Å². The molecule has 0 aliphatic carbocycles. The Hall–Kier alpha value is -2.79. The SMILES string of the molecule is CN(C)CCc1c[nH]c2ccc(C[C@H]3COC(=O)N3)cc12.c1ccccc1. The van der Waals surface area contributed by atoms with Gasteiger partial charge >= 0.3 is 6.09 Å². The molecule has 0 bridgehead atoms. The van der Waals surface area contributed by atoms with Crippen LogP contribution in [0.5, 0.6) is 0 Å². The van der Waals surface area contributed by atoms with E-state index in [1.807, 2.05) is 36.4 Å². The average Bonchev–Trinajstić information content (AvgIpc) is 3.27. The van der Waals surface area contributed by atoms with Gasteiger partial charge in [0.2, 0.25) is 0 Å². The van der Waals surface area contributed by atoms with Crippen molar-refractivity contribution in [2.45, 2.75) is 18.9 Å². The largest absolute Gasteiger partial charge is 0.447 e. The van der Waals surface area contributed by atoms with Crippen LogP contribution in [0.4, 0.5) is 4.79 Å². The lowest BCUT2D eigenvalue weighted by Gasteiger charge is -2.09. The summed E-state index contributed by atoms with van der Waals surface area (Å²) >= 11 is 0. The second-order valence-electron chi connectivity index (χ2n) is 7.05. The summed E-state index contributed by atoms with van der Waals surface area (Å²) in [6, 6.07) is 18.5. The Morgan fingerprint density at radius 3 is 2.41 bits per heavy atom. The Morgan fingerprint density at radius 1 is 1.11 bits per heavy atom. The minimum atomic E-state index is -0.311. The van der Waals surface area contributed by atoms with E-state index in [1.165, 1.54) is 22.0 Å². The van der Waals surface area contributed by atoms with E-state index >= 15 is 0 Å². The van der Waals surface area contributed by atoms with Gasteiger partial charge in [0, 0.05) is 23.6 Å². The minimum Gasteiger partial charge on any atom is -0.447 e. The number of nitrogens with zero attached hydrogens (tertiary/aromatic N) is 1. The van der Waals surface area contributed by atoms with Crippen molar-refractivity contribution in [3.05, 3.63) is 71.9 Å². The molecule has 1 aliphatic heterocycles. The van der Waals surface area contributed by atoms with E-state index in [2.05, 4.69) is 53.7 Å². The highest BCUT2D eigenvalue weighted by atomic mass is 16.6. The third-order valence-corrected chi connectivity index (χ3v) is 4.55. The monoisotopic (exact) mass is 365 g/mol. The van der Waals surface area contributed by atoms with Gasteiger partial charge in [0.05, 0.1) is 6.04 Å². The zero-order valence-electron chi connectivity index (χ0n) is 15.9. The van der Waals surface area contributed by atoms with E-state index in [0.717, 1.165) is 19.4 Å². The number of hydrogen-bond donors (Lipinski definition) is 2. The number of nitrogens with one attached hydrogen (secondary N) is 2. The molecule has 2 heterocycles. The number of hydrogen-bond acceptors (Lipinski definition) is 3. The summed E-state index contributed by atoms with van der Waals surface area (Å²) in [5.41, 5.74) is 3.73. The zero-order valence-corrected chi connectivity index (χ0v) is 15.9. The number of likely N-dealkylation sites (N-methyl/N-ethyl adjacent to an activating group) is 1. The molecule has 1 fully saturated rings. The van der Waals surface area contributed by atoms with Crippen molar-refractivity contribution in [2.75, 3.05) is 27.2 Å². The molecule has 5 heteroatoms. The summed E-state index contributed by atoms with van der Waals surface area (Å²) in [5.74, 6) is 0. The minimum absolute atomic E-state index is 0.0825. The van der Waals surface area contributed by atoms with Crippen LogP contribution in [0.3, 0.4) is 0 Å². The van der Waals surface area contributed by atoms with Gasteiger partial charge < -0.3 is 19.9 Å². The molecular weight excluding hydrogens is 338 g/mol. The molecule has 3 aromatic rings. The van der Waals surface area contributed by atoms with Gasteiger partial charge in [-0.05, 0) is 50.2 Å². The fourth-order valence-corrected chi connectivity index (χ4v) is 3.11. The highest BCUT2D eigenvalue weighted by Gasteiger charge is 2.22. The van der Waals surface area contributed by atoms with Gasteiger partial charge in [-0.25, -0.2) is 4.79 Å². The van der Waals surface area contributed by atoms with Gasteiger partial charge in [0.15, 0.2) is 0 Å². The third kappa shape index (κ3) is 5.59. The van der Waals surface area contributed by atoms with Crippen LogP contribution in [0.15, 0.2) is 60.8 Å². The second kappa shape index (κ2) is 9.24. The first-order valence-electron chi connectivity index (χ1n) is 9.29. The first-order valence-corrected chi connectivity index (χ1v) is 9.29. The molecule has 1 atom stereocenters. The summed E-state index contributed by atoms with van der Waals surface area (Å²) in [4.78, 5) is 16.6. The normalized spacial score (nSPS) is 16.0. The Bertz CT molecular complexity index is 832. The van der Waals surface area contributed by atoms with Crippen LogP contribution in [0.25, 0.3) is 10.9 Å². The van der Waals surface area contributed by atoms with Gasteiger partial charge in [-0.1, -0.05) is 42.5 Å². The van der Waals surface area contributed by atoms with Gasteiger partial charge in [0.1, 0.15) is 6.61 Å². The molecule has 1 amide bonds. The summed E-state index contributed by atoms with van der Waals surface area (Å²) in [6.45, 7) is 1.49. The van der Waals surface area contributed by atoms with Crippen molar-refractivity contribution in [3.63, 3.8) is 0 Å². The van der Waals surface area contributed by atoms with E-state index < -0.39 is 0 Å². The molecule has 5 nitrogen and oxygen atoms in total. The lowest BCUT2D eigenvalue weighted by molar-refractivity contribution is 0.177. The Labute approximate surface area is 160 Å². The van der Waals surface area contributed by atoms with Crippen LogP contribution >= 0.6 is 0 Å². The molecule has 4 rings (SSSR count). The smallest absolute Gasteiger partial charge is 0.407 e. The van der Waals surface area contributed by atoms with Gasteiger partial charge in [-0.3, -0.25) is 0 Å². The van der Waals surface area contributed by atoms with Crippen molar-refractivity contribution >= 4 is 17.0 Å². The number of alkyl carbamates (subject to hydrolysis) is 1. The summed E-state index contributed by atoms with van der Waals surface area (Å²) < 4.78 is 4.94. The van der Waals surface area contributed by atoms with Crippen molar-refractivity contribution in [3.8, 4) is 0 Å². The number of fused-ring (bicyclic) bond motifs is 1. The predicted molar refractivity (Wildman–Crippen MR) is 109 cm³/mol. The summed E-state index contributed by atoms with van der Waals surface area (Å²) in [6.07, 6.45) is 3.62. The highest BCUT2D eigenvalue weighted by Crippen LogP contribution is 2.21. The van der Waals surface area contributed by atoms with E-state index in [9.17, 15) is 4.79 Å². The fourth-order valence-electron chi connectivity index (χ4n) is 3.11. The zero-order chi connectivity index (χ0) is 19.1. The van der Waals surface area contributed by atoms with Crippen LogP contribution < -0.4 is 5.32 Å². The molecule has 1 aromatic heterocycles. The van der Waals surface area contributed by atoms with E-state index in [4.69, 9.17) is 4.74 Å². The Kier molecular flexibility index (Phi) is 6.49. The average molecular weight is 365 g/mol. The topological polar surface area (TPSA) is 57.4 Å². The Morgan fingerprint density at radius 2 is 1.81 bits per heavy atom. The maximum Gasteiger partial charge on any atom is 0.407 e. The van der Waals surface area contributed by atoms with Crippen molar-refractivity contribution in [1.29, 1.82) is 0 Å². The van der Waals surface area contributed by atoms with Gasteiger partial charge in [-0.15, -0.1) is 0 Å². The number of carbonyl (C=O) groups is 1. The maximum absolute atomic E-state index is 11.1. The first-order chi connectivity index (χ1) is 13.1. The van der Waals surface area contributed by atoms with Crippen molar-refractivity contribution < 1.29 is 9.53 Å². The lowest BCUT2D eigenvalue weighted by Crippen LogP contribution is -2.28.